The van der Waals surface area contributed by atoms with Gasteiger partial charge in [-0.15, -0.1) is 0 Å². The number of urea groups is 1. The number of ether oxygens (including phenoxy) is 1. The SMILES string of the molecule is NCCCOC1CCN(C(=O)Nc2ccccc2Cl)CC1. The van der Waals surface area contributed by atoms with E-state index in [0.717, 1.165) is 19.3 Å². The molecule has 0 saturated carbocycles. The molecular weight excluding hydrogens is 290 g/mol. The minimum Gasteiger partial charge on any atom is -0.378 e. The molecule has 5 nitrogen and oxygen atoms in total. The Labute approximate surface area is 130 Å². The minimum absolute atomic E-state index is 0.108. The topological polar surface area (TPSA) is 67.6 Å². The fourth-order valence-electron chi connectivity index (χ4n) is 2.32. The number of carbonyl (C=O) groups excluding carboxylic acids is 1. The van der Waals surface area contributed by atoms with Crippen LogP contribution in [-0.4, -0.2) is 43.3 Å². The number of carbonyl (C=O) groups is 1. The first kappa shape index (κ1) is 16.1. The summed E-state index contributed by atoms with van der Waals surface area (Å²) in [6, 6.07) is 7.13. The zero-order chi connectivity index (χ0) is 15.1. The second-order valence-corrected chi connectivity index (χ2v) is 5.52. The van der Waals surface area contributed by atoms with Crippen molar-refractivity contribution in [1.82, 2.24) is 4.90 Å². The van der Waals surface area contributed by atoms with Crippen molar-refractivity contribution in [3.05, 3.63) is 29.3 Å². The van der Waals surface area contributed by atoms with Gasteiger partial charge in [0, 0.05) is 19.7 Å². The van der Waals surface area contributed by atoms with Gasteiger partial charge in [0.25, 0.3) is 0 Å². The number of nitrogens with zero attached hydrogens (tertiary/aromatic N) is 1. The molecule has 0 aromatic heterocycles. The Balaban J connectivity index is 1.77. The molecular formula is C15H22ClN3O2. The predicted molar refractivity (Wildman–Crippen MR) is 84.7 cm³/mol. The number of nitrogens with two attached hydrogens (primary N) is 1. The van der Waals surface area contributed by atoms with E-state index in [2.05, 4.69) is 5.32 Å². The summed E-state index contributed by atoms with van der Waals surface area (Å²) in [5.74, 6) is 0. The van der Waals surface area contributed by atoms with Crippen LogP contribution in [0.15, 0.2) is 24.3 Å². The van der Waals surface area contributed by atoms with Crippen molar-refractivity contribution in [2.75, 3.05) is 31.6 Å². The van der Waals surface area contributed by atoms with Gasteiger partial charge in [0.1, 0.15) is 0 Å². The van der Waals surface area contributed by atoms with Crippen LogP contribution in [0.3, 0.4) is 0 Å². The van der Waals surface area contributed by atoms with Gasteiger partial charge in [0.2, 0.25) is 0 Å². The number of nitrogens with one attached hydrogen (secondary N) is 1. The monoisotopic (exact) mass is 311 g/mol. The van der Waals surface area contributed by atoms with Gasteiger partial charge in [-0.3, -0.25) is 0 Å². The normalized spacial score (nSPS) is 16.0. The molecule has 0 aliphatic carbocycles. The summed E-state index contributed by atoms with van der Waals surface area (Å²) >= 11 is 6.04. The Morgan fingerprint density at radius 3 is 2.76 bits per heavy atom. The summed E-state index contributed by atoms with van der Waals surface area (Å²) in [6.07, 6.45) is 2.84. The number of anilines is 1. The van der Waals surface area contributed by atoms with Gasteiger partial charge in [0.05, 0.1) is 16.8 Å². The molecule has 1 fully saturated rings. The highest BCUT2D eigenvalue weighted by atomic mass is 35.5. The zero-order valence-corrected chi connectivity index (χ0v) is 12.8. The zero-order valence-electron chi connectivity index (χ0n) is 12.1. The molecule has 2 rings (SSSR count). The van der Waals surface area contributed by atoms with Crippen molar-refractivity contribution in [2.24, 2.45) is 5.73 Å². The molecule has 21 heavy (non-hydrogen) atoms. The van der Waals surface area contributed by atoms with Gasteiger partial charge in [-0.2, -0.15) is 0 Å². The predicted octanol–water partition coefficient (Wildman–Crippen LogP) is 2.70. The van der Waals surface area contributed by atoms with Crippen LogP contribution in [-0.2, 0) is 4.74 Å². The van der Waals surface area contributed by atoms with Crippen LogP contribution in [0, 0.1) is 0 Å². The Morgan fingerprint density at radius 1 is 1.38 bits per heavy atom. The maximum absolute atomic E-state index is 12.2. The molecule has 0 unspecified atom stereocenters. The van der Waals surface area contributed by atoms with Gasteiger partial charge in [0.15, 0.2) is 0 Å². The van der Waals surface area contributed by atoms with E-state index >= 15 is 0 Å². The number of piperidine rings is 1. The van der Waals surface area contributed by atoms with E-state index in [1.807, 2.05) is 12.1 Å². The van der Waals surface area contributed by atoms with Crippen molar-refractivity contribution >= 4 is 23.3 Å². The molecule has 1 aromatic rings. The number of rotatable bonds is 5. The summed E-state index contributed by atoms with van der Waals surface area (Å²) in [6.45, 7) is 2.75. The van der Waals surface area contributed by atoms with E-state index in [9.17, 15) is 4.79 Å². The standard InChI is InChI=1S/C15H22ClN3O2/c16-13-4-1-2-5-14(13)18-15(20)19-9-6-12(7-10-19)21-11-3-8-17/h1-2,4-5,12H,3,6-11,17H2,(H,18,20). The lowest BCUT2D eigenvalue weighted by atomic mass is 10.1. The number of para-hydroxylation sites is 1. The lowest BCUT2D eigenvalue weighted by Crippen LogP contribution is -2.43. The number of benzene rings is 1. The van der Waals surface area contributed by atoms with Gasteiger partial charge in [-0.25, -0.2) is 4.79 Å². The first-order chi connectivity index (χ1) is 10.2. The average Bonchev–Trinajstić information content (AvgIpc) is 2.50. The molecule has 6 heteroatoms. The third kappa shape index (κ3) is 4.88. The quantitative estimate of drug-likeness (QED) is 0.822. The third-order valence-electron chi connectivity index (χ3n) is 3.55. The second kappa shape index (κ2) is 8.22. The summed E-state index contributed by atoms with van der Waals surface area (Å²) in [5.41, 5.74) is 6.08. The average molecular weight is 312 g/mol. The van der Waals surface area contributed by atoms with Crippen LogP contribution >= 0.6 is 11.6 Å². The minimum atomic E-state index is -0.108. The Hall–Kier alpha value is -1.30. The van der Waals surface area contributed by atoms with Crippen molar-refractivity contribution < 1.29 is 9.53 Å². The molecule has 1 heterocycles. The summed E-state index contributed by atoms with van der Waals surface area (Å²) in [7, 11) is 0. The van der Waals surface area contributed by atoms with E-state index in [1.165, 1.54) is 0 Å². The van der Waals surface area contributed by atoms with E-state index in [0.29, 0.717) is 37.0 Å². The lowest BCUT2D eigenvalue weighted by Gasteiger charge is -2.32. The second-order valence-electron chi connectivity index (χ2n) is 5.11. The number of hydrogen-bond donors (Lipinski definition) is 2. The van der Waals surface area contributed by atoms with Crippen LogP contribution in [0.25, 0.3) is 0 Å². The van der Waals surface area contributed by atoms with E-state index in [-0.39, 0.29) is 12.1 Å². The summed E-state index contributed by atoms with van der Waals surface area (Å²) in [5, 5.41) is 3.39. The van der Waals surface area contributed by atoms with Crippen molar-refractivity contribution in [3.8, 4) is 0 Å². The molecule has 0 radical (unpaired) electrons. The fourth-order valence-corrected chi connectivity index (χ4v) is 2.50. The molecule has 0 atom stereocenters. The molecule has 1 aromatic carbocycles. The molecule has 2 amide bonds. The van der Waals surface area contributed by atoms with E-state index < -0.39 is 0 Å². The molecule has 1 aliphatic heterocycles. The summed E-state index contributed by atoms with van der Waals surface area (Å²) < 4.78 is 5.73. The largest absolute Gasteiger partial charge is 0.378 e. The van der Waals surface area contributed by atoms with Gasteiger partial charge in [-0.05, 0) is 37.9 Å². The highest BCUT2D eigenvalue weighted by molar-refractivity contribution is 6.33. The van der Waals surface area contributed by atoms with Crippen molar-refractivity contribution in [1.29, 1.82) is 0 Å². The van der Waals surface area contributed by atoms with Crippen LogP contribution in [0.4, 0.5) is 10.5 Å². The van der Waals surface area contributed by atoms with Crippen molar-refractivity contribution in [3.63, 3.8) is 0 Å². The van der Waals surface area contributed by atoms with Gasteiger partial charge < -0.3 is 20.7 Å². The van der Waals surface area contributed by atoms with Crippen LogP contribution < -0.4 is 11.1 Å². The van der Waals surface area contributed by atoms with E-state index in [4.69, 9.17) is 22.1 Å². The Morgan fingerprint density at radius 2 is 2.10 bits per heavy atom. The molecule has 0 bridgehead atoms. The van der Waals surface area contributed by atoms with Crippen molar-refractivity contribution in [2.45, 2.75) is 25.4 Å². The smallest absolute Gasteiger partial charge is 0.321 e. The van der Waals surface area contributed by atoms with Crippen LogP contribution in [0.2, 0.25) is 5.02 Å². The summed E-state index contributed by atoms with van der Waals surface area (Å²) in [4.78, 5) is 14.0. The third-order valence-corrected chi connectivity index (χ3v) is 3.88. The molecule has 1 aliphatic rings. The molecule has 116 valence electrons. The lowest BCUT2D eigenvalue weighted by molar-refractivity contribution is 0.0156. The number of amides is 2. The van der Waals surface area contributed by atoms with Crippen LogP contribution in [0.1, 0.15) is 19.3 Å². The van der Waals surface area contributed by atoms with Gasteiger partial charge in [-0.1, -0.05) is 23.7 Å². The maximum Gasteiger partial charge on any atom is 0.321 e. The fraction of sp³-hybridized carbons (Fsp3) is 0.533. The molecule has 0 spiro atoms. The first-order valence-corrected chi connectivity index (χ1v) is 7.70. The Kier molecular flexibility index (Phi) is 6.29. The highest BCUT2D eigenvalue weighted by Gasteiger charge is 2.23. The number of hydrogen-bond acceptors (Lipinski definition) is 3. The van der Waals surface area contributed by atoms with Crippen LogP contribution in [0.5, 0.6) is 0 Å². The number of halogens is 1. The van der Waals surface area contributed by atoms with E-state index in [1.54, 1.807) is 17.0 Å². The molecule has 3 N–H and O–H groups in total. The maximum atomic E-state index is 12.2. The highest BCUT2D eigenvalue weighted by Crippen LogP contribution is 2.22. The first-order valence-electron chi connectivity index (χ1n) is 7.33. The number of likely N-dealkylation sites (tertiary alicyclic amines) is 1. The Bertz CT molecular complexity index is 462. The van der Waals surface area contributed by atoms with Gasteiger partial charge >= 0.3 is 6.03 Å². The molecule has 1 saturated heterocycles.